The van der Waals surface area contributed by atoms with E-state index in [1.54, 1.807) is 16.7 Å². The second-order valence-electron chi connectivity index (χ2n) is 7.22. The van der Waals surface area contributed by atoms with Crippen LogP contribution in [0.3, 0.4) is 0 Å². The van der Waals surface area contributed by atoms with Gasteiger partial charge in [0.2, 0.25) is 11.8 Å². The highest BCUT2D eigenvalue weighted by Crippen LogP contribution is 2.27. The van der Waals surface area contributed by atoms with Crippen LogP contribution in [0.5, 0.6) is 0 Å². The number of nitrogens with zero attached hydrogens (tertiary/aromatic N) is 5. The molecule has 9 nitrogen and oxygen atoms in total. The lowest BCUT2D eigenvalue weighted by atomic mass is 10.0. The molecule has 27 heavy (non-hydrogen) atoms. The second kappa shape index (κ2) is 7.05. The van der Waals surface area contributed by atoms with Crippen LogP contribution in [0.25, 0.3) is 0 Å². The predicted octanol–water partition coefficient (Wildman–Crippen LogP) is -0.0369. The van der Waals surface area contributed by atoms with Crippen LogP contribution in [-0.2, 0) is 27.3 Å². The smallest absolute Gasteiger partial charge is 0.270 e. The number of nitrogens with one attached hydrogen (secondary N) is 1. The molecule has 0 aliphatic carbocycles. The van der Waals surface area contributed by atoms with Crippen LogP contribution in [0.15, 0.2) is 11.3 Å². The van der Waals surface area contributed by atoms with Gasteiger partial charge in [-0.15, -0.1) is 0 Å². The summed E-state index contributed by atoms with van der Waals surface area (Å²) in [5.74, 6) is 0.656. The van der Waals surface area contributed by atoms with Crippen molar-refractivity contribution in [3.8, 4) is 0 Å². The Balaban J connectivity index is 1.43. The minimum Gasteiger partial charge on any atom is -0.338 e. The molecule has 4 heterocycles. The van der Waals surface area contributed by atoms with Crippen molar-refractivity contribution in [2.75, 3.05) is 19.6 Å². The van der Waals surface area contributed by atoms with Crippen LogP contribution >= 0.6 is 0 Å². The van der Waals surface area contributed by atoms with E-state index >= 15 is 0 Å². The van der Waals surface area contributed by atoms with E-state index in [9.17, 15) is 14.4 Å². The summed E-state index contributed by atoms with van der Waals surface area (Å²) in [5.41, 5.74) is 4.78. The van der Waals surface area contributed by atoms with Gasteiger partial charge in [-0.2, -0.15) is 5.10 Å². The maximum Gasteiger partial charge on any atom is 0.270 e. The zero-order chi connectivity index (χ0) is 19.0. The Morgan fingerprint density at radius 2 is 2.04 bits per heavy atom. The number of aromatic nitrogens is 2. The quantitative estimate of drug-likeness (QED) is 0.786. The Labute approximate surface area is 156 Å². The molecule has 1 N–H and O–H groups in total. The first-order chi connectivity index (χ1) is 13.0. The lowest BCUT2D eigenvalue weighted by molar-refractivity contribution is -0.129. The lowest BCUT2D eigenvalue weighted by Crippen LogP contribution is -2.39. The van der Waals surface area contributed by atoms with E-state index in [0.29, 0.717) is 44.7 Å². The zero-order valence-corrected chi connectivity index (χ0v) is 15.3. The van der Waals surface area contributed by atoms with E-state index in [1.165, 1.54) is 0 Å². The maximum atomic E-state index is 12.6. The number of fused-ring (bicyclic) bond motifs is 1. The van der Waals surface area contributed by atoms with Crippen LogP contribution < -0.4 is 5.43 Å². The molecule has 3 aliphatic heterocycles. The van der Waals surface area contributed by atoms with Gasteiger partial charge in [0.15, 0.2) is 0 Å². The normalized spacial score (nSPS) is 22.2. The van der Waals surface area contributed by atoms with Crippen molar-refractivity contribution in [1.29, 1.82) is 0 Å². The van der Waals surface area contributed by atoms with E-state index < -0.39 is 0 Å². The van der Waals surface area contributed by atoms with Crippen LogP contribution in [0, 0.1) is 0 Å². The molecule has 9 heteroatoms. The number of hydrazone groups is 1. The topological polar surface area (TPSA) is 108 Å². The van der Waals surface area contributed by atoms with Crippen molar-refractivity contribution >= 4 is 23.4 Å². The van der Waals surface area contributed by atoms with Gasteiger partial charge in [-0.1, -0.05) is 0 Å². The largest absolute Gasteiger partial charge is 0.338 e. The minimum absolute atomic E-state index is 0.0662. The summed E-state index contributed by atoms with van der Waals surface area (Å²) in [6.45, 7) is 4.01. The van der Waals surface area contributed by atoms with Gasteiger partial charge in [0.1, 0.15) is 11.5 Å². The summed E-state index contributed by atoms with van der Waals surface area (Å²) in [4.78, 5) is 48.1. The van der Waals surface area contributed by atoms with E-state index in [-0.39, 0.29) is 23.6 Å². The van der Waals surface area contributed by atoms with Gasteiger partial charge in [-0.3, -0.25) is 14.4 Å². The molecule has 0 saturated carbocycles. The van der Waals surface area contributed by atoms with E-state index in [1.807, 2.05) is 6.20 Å². The molecule has 1 aromatic heterocycles. The number of hydrogen-bond acceptors (Lipinski definition) is 6. The minimum atomic E-state index is -0.156. The van der Waals surface area contributed by atoms with Gasteiger partial charge in [-0.05, 0) is 6.42 Å². The van der Waals surface area contributed by atoms with Gasteiger partial charge >= 0.3 is 0 Å². The van der Waals surface area contributed by atoms with Crippen LogP contribution in [-0.4, -0.2) is 62.8 Å². The maximum absolute atomic E-state index is 12.6. The number of carbonyl (C=O) groups is 3. The van der Waals surface area contributed by atoms with E-state index in [0.717, 1.165) is 29.9 Å². The number of carbonyl (C=O) groups excluding carboxylic acids is 3. The third-order valence-corrected chi connectivity index (χ3v) is 5.39. The van der Waals surface area contributed by atoms with Gasteiger partial charge < -0.3 is 9.80 Å². The highest BCUT2D eigenvalue weighted by molar-refractivity contribution is 6.39. The molecule has 1 saturated heterocycles. The molecule has 142 valence electrons. The standard InChI is InChI=1S/C18H22N6O3/c1-11(25)23-7-5-14-13(10-23)8-19-17(20-14)12-4-6-24(9-12)18(27)15-2-3-16(26)22-21-15/h8,12H,2-7,9-10H2,1H3,(H,22,26)/t12-/m1/s1. The Hall–Kier alpha value is -2.84. The SMILES string of the molecule is CC(=O)N1CCc2nc([C@@H]3CCN(C(=O)C4=NNC(=O)CC4)C3)ncc2C1. The monoisotopic (exact) mass is 370 g/mol. The molecule has 0 bridgehead atoms. The van der Waals surface area contributed by atoms with Gasteiger partial charge in [0.25, 0.3) is 5.91 Å². The first-order valence-electron chi connectivity index (χ1n) is 9.26. The first-order valence-corrected chi connectivity index (χ1v) is 9.26. The van der Waals surface area contributed by atoms with Gasteiger partial charge in [-0.25, -0.2) is 15.4 Å². The van der Waals surface area contributed by atoms with Crippen LogP contribution in [0.2, 0.25) is 0 Å². The first kappa shape index (κ1) is 17.6. The summed E-state index contributed by atoms with van der Waals surface area (Å²) in [7, 11) is 0. The predicted molar refractivity (Wildman–Crippen MR) is 95.6 cm³/mol. The van der Waals surface area contributed by atoms with Crippen molar-refractivity contribution in [3.63, 3.8) is 0 Å². The molecular weight excluding hydrogens is 348 g/mol. The molecule has 3 amide bonds. The molecular formula is C18H22N6O3. The fourth-order valence-corrected chi connectivity index (χ4v) is 3.76. The molecule has 4 rings (SSSR count). The molecule has 3 aliphatic rings. The summed E-state index contributed by atoms with van der Waals surface area (Å²) < 4.78 is 0. The van der Waals surface area contributed by atoms with Crippen molar-refractivity contribution in [2.24, 2.45) is 5.10 Å². The molecule has 0 spiro atoms. The molecule has 0 aromatic carbocycles. The number of likely N-dealkylation sites (tertiary alicyclic amines) is 1. The molecule has 0 radical (unpaired) electrons. The molecule has 1 atom stereocenters. The summed E-state index contributed by atoms with van der Waals surface area (Å²) in [5, 5.41) is 3.89. The van der Waals surface area contributed by atoms with Gasteiger partial charge in [0.05, 0.1) is 5.69 Å². The van der Waals surface area contributed by atoms with Crippen molar-refractivity contribution in [3.05, 3.63) is 23.3 Å². The average molecular weight is 370 g/mol. The van der Waals surface area contributed by atoms with Crippen molar-refractivity contribution in [1.82, 2.24) is 25.2 Å². The average Bonchev–Trinajstić information content (AvgIpc) is 3.17. The zero-order valence-electron chi connectivity index (χ0n) is 15.3. The fourth-order valence-electron chi connectivity index (χ4n) is 3.76. The molecule has 1 fully saturated rings. The van der Waals surface area contributed by atoms with E-state index in [4.69, 9.17) is 4.98 Å². The summed E-state index contributed by atoms with van der Waals surface area (Å²) >= 11 is 0. The third kappa shape index (κ3) is 3.54. The lowest BCUT2D eigenvalue weighted by Gasteiger charge is -2.27. The molecule has 0 unspecified atom stereocenters. The Bertz CT molecular complexity index is 836. The van der Waals surface area contributed by atoms with Crippen LogP contribution in [0.1, 0.15) is 49.2 Å². The second-order valence-corrected chi connectivity index (χ2v) is 7.22. The number of amides is 3. The van der Waals surface area contributed by atoms with Crippen molar-refractivity contribution < 1.29 is 14.4 Å². The van der Waals surface area contributed by atoms with E-state index in [2.05, 4.69) is 15.5 Å². The number of hydrogen-bond donors (Lipinski definition) is 1. The van der Waals surface area contributed by atoms with Crippen molar-refractivity contribution in [2.45, 2.75) is 45.1 Å². The Morgan fingerprint density at radius 1 is 1.19 bits per heavy atom. The molecule has 1 aromatic rings. The Kier molecular flexibility index (Phi) is 4.59. The fraction of sp³-hybridized carbons (Fsp3) is 0.556. The van der Waals surface area contributed by atoms with Crippen LogP contribution in [0.4, 0.5) is 0 Å². The summed E-state index contributed by atoms with van der Waals surface area (Å²) in [6.07, 6.45) is 4.04. The highest BCUT2D eigenvalue weighted by atomic mass is 16.2. The highest BCUT2D eigenvalue weighted by Gasteiger charge is 2.33. The summed E-state index contributed by atoms with van der Waals surface area (Å²) in [6, 6.07) is 0. The number of rotatable bonds is 2. The Morgan fingerprint density at radius 3 is 2.78 bits per heavy atom. The third-order valence-electron chi connectivity index (χ3n) is 5.39. The van der Waals surface area contributed by atoms with Gasteiger partial charge in [0, 0.05) is 70.0 Å².